The highest BCUT2D eigenvalue weighted by Gasteiger charge is 2.05. The highest BCUT2D eigenvalue weighted by molar-refractivity contribution is 9.09. The Kier molecular flexibility index (Phi) is 2.70. The number of alkyl halides is 1. The van der Waals surface area contributed by atoms with Crippen molar-refractivity contribution in [2.75, 3.05) is 5.33 Å². The first-order chi connectivity index (χ1) is 4.88. The summed E-state index contributed by atoms with van der Waals surface area (Å²) >= 11 is 3.33. The fourth-order valence-corrected chi connectivity index (χ4v) is 1.50. The van der Waals surface area contributed by atoms with Crippen molar-refractivity contribution in [3.63, 3.8) is 0 Å². The molecule has 0 unspecified atom stereocenters. The maximum absolute atomic E-state index is 8.61. The van der Waals surface area contributed by atoms with Crippen LogP contribution in [0.4, 0.5) is 0 Å². The molecule has 0 saturated carbocycles. The van der Waals surface area contributed by atoms with Gasteiger partial charge in [0.15, 0.2) is 0 Å². The van der Waals surface area contributed by atoms with E-state index in [9.17, 15) is 0 Å². The molecule has 0 bridgehead atoms. The van der Waals surface area contributed by atoms with Gasteiger partial charge >= 0.3 is 0 Å². The molecule has 0 radical (unpaired) electrons. The zero-order valence-electron chi connectivity index (χ0n) is 5.60. The number of allylic oxidation sites excluding steroid dienone is 4. The van der Waals surface area contributed by atoms with E-state index in [0.717, 1.165) is 29.3 Å². The summed E-state index contributed by atoms with van der Waals surface area (Å²) < 4.78 is 0. The third-order valence-electron chi connectivity index (χ3n) is 1.52. The number of halogens is 1. The SMILES string of the molecule is N#CC1=CCCC=C1CBr. The lowest BCUT2D eigenvalue weighted by atomic mass is 10.0. The van der Waals surface area contributed by atoms with Crippen LogP contribution >= 0.6 is 15.9 Å². The molecule has 10 heavy (non-hydrogen) atoms. The first-order valence-electron chi connectivity index (χ1n) is 3.24. The molecule has 1 aliphatic carbocycles. The Hall–Kier alpha value is -0.550. The van der Waals surface area contributed by atoms with Crippen molar-refractivity contribution in [1.29, 1.82) is 5.26 Å². The lowest BCUT2D eigenvalue weighted by Crippen LogP contribution is -1.93. The van der Waals surface area contributed by atoms with Crippen LogP contribution in [-0.2, 0) is 0 Å². The van der Waals surface area contributed by atoms with Crippen molar-refractivity contribution in [3.8, 4) is 6.07 Å². The van der Waals surface area contributed by atoms with E-state index in [0.29, 0.717) is 0 Å². The van der Waals surface area contributed by atoms with Crippen molar-refractivity contribution < 1.29 is 0 Å². The maximum atomic E-state index is 8.61. The van der Waals surface area contributed by atoms with Crippen LogP contribution in [0.15, 0.2) is 23.3 Å². The van der Waals surface area contributed by atoms with Gasteiger partial charge in [-0.3, -0.25) is 0 Å². The fraction of sp³-hybridized carbons (Fsp3) is 0.375. The lowest BCUT2D eigenvalue weighted by Gasteiger charge is -2.06. The van der Waals surface area contributed by atoms with Crippen LogP contribution in [-0.4, -0.2) is 5.33 Å². The van der Waals surface area contributed by atoms with Crippen LogP contribution in [0.3, 0.4) is 0 Å². The Morgan fingerprint density at radius 3 is 2.70 bits per heavy atom. The molecule has 0 saturated heterocycles. The van der Waals surface area contributed by atoms with E-state index >= 15 is 0 Å². The first kappa shape index (κ1) is 7.56. The molecule has 0 fully saturated rings. The molecular formula is C8H8BrN. The molecule has 1 nitrogen and oxygen atoms in total. The van der Waals surface area contributed by atoms with E-state index in [1.807, 2.05) is 6.08 Å². The first-order valence-corrected chi connectivity index (χ1v) is 4.36. The summed E-state index contributed by atoms with van der Waals surface area (Å²) in [7, 11) is 0. The van der Waals surface area contributed by atoms with E-state index in [1.54, 1.807) is 0 Å². The highest BCUT2D eigenvalue weighted by Crippen LogP contribution is 2.19. The van der Waals surface area contributed by atoms with Crippen LogP contribution < -0.4 is 0 Å². The van der Waals surface area contributed by atoms with Gasteiger partial charge in [-0.15, -0.1) is 0 Å². The predicted octanol–water partition coefficient (Wildman–Crippen LogP) is 2.55. The van der Waals surface area contributed by atoms with Gasteiger partial charge in [-0.1, -0.05) is 28.1 Å². The average Bonchev–Trinajstić information content (AvgIpc) is 2.04. The summed E-state index contributed by atoms with van der Waals surface area (Å²) in [6.07, 6.45) is 6.20. The highest BCUT2D eigenvalue weighted by atomic mass is 79.9. The Balaban J connectivity index is 2.80. The minimum atomic E-state index is 0.798. The third kappa shape index (κ3) is 1.48. The van der Waals surface area contributed by atoms with Gasteiger partial charge in [0.25, 0.3) is 0 Å². The van der Waals surface area contributed by atoms with Crippen LogP contribution in [0.25, 0.3) is 0 Å². The Labute approximate surface area is 69.2 Å². The molecule has 0 heterocycles. The number of hydrogen-bond donors (Lipinski definition) is 0. The molecule has 0 atom stereocenters. The summed E-state index contributed by atoms with van der Waals surface area (Å²) in [5, 5.41) is 9.41. The molecule has 1 aliphatic rings. The summed E-state index contributed by atoms with van der Waals surface area (Å²) in [5.74, 6) is 0. The van der Waals surface area contributed by atoms with Crippen LogP contribution in [0.5, 0.6) is 0 Å². The standard InChI is InChI=1S/C8H8BrN/c9-5-7-3-1-2-4-8(7)6-10/h3-4H,1-2,5H2. The second kappa shape index (κ2) is 3.58. The van der Waals surface area contributed by atoms with E-state index < -0.39 is 0 Å². The zero-order chi connectivity index (χ0) is 7.40. The van der Waals surface area contributed by atoms with E-state index in [4.69, 9.17) is 5.26 Å². The van der Waals surface area contributed by atoms with Crippen LogP contribution in [0, 0.1) is 11.3 Å². The predicted molar refractivity (Wildman–Crippen MR) is 44.8 cm³/mol. The quantitative estimate of drug-likeness (QED) is 0.594. The number of nitrogens with zero attached hydrogens (tertiary/aromatic N) is 1. The number of hydrogen-bond acceptors (Lipinski definition) is 1. The lowest BCUT2D eigenvalue weighted by molar-refractivity contribution is 1.00. The molecule has 0 amide bonds. The van der Waals surface area contributed by atoms with E-state index in [1.165, 1.54) is 0 Å². The van der Waals surface area contributed by atoms with Crippen molar-refractivity contribution in [2.24, 2.45) is 0 Å². The Bertz CT molecular complexity index is 220. The largest absolute Gasteiger partial charge is 0.192 e. The van der Waals surface area contributed by atoms with Crippen molar-refractivity contribution in [3.05, 3.63) is 23.3 Å². The van der Waals surface area contributed by atoms with Gasteiger partial charge in [0.05, 0.1) is 11.6 Å². The molecule has 0 aromatic carbocycles. The van der Waals surface area contributed by atoms with Gasteiger partial charge in [-0.25, -0.2) is 0 Å². The van der Waals surface area contributed by atoms with E-state index in [-0.39, 0.29) is 0 Å². The molecule has 1 rings (SSSR count). The minimum Gasteiger partial charge on any atom is -0.192 e. The number of rotatable bonds is 1. The number of nitriles is 1. The van der Waals surface area contributed by atoms with Gasteiger partial charge in [-0.2, -0.15) is 5.26 Å². The van der Waals surface area contributed by atoms with Crippen molar-refractivity contribution in [2.45, 2.75) is 12.8 Å². The molecular weight excluding hydrogens is 190 g/mol. The Morgan fingerprint density at radius 1 is 1.50 bits per heavy atom. The molecule has 0 N–H and O–H groups in total. The van der Waals surface area contributed by atoms with Crippen molar-refractivity contribution >= 4 is 15.9 Å². The second-order valence-corrected chi connectivity index (χ2v) is 2.73. The summed E-state index contributed by atoms with van der Waals surface area (Å²) in [4.78, 5) is 0. The monoisotopic (exact) mass is 197 g/mol. The van der Waals surface area contributed by atoms with E-state index in [2.05, 4.69) is 28.1 Å². The summed E-state index contributed by atoms with van der Waals surface area (Å²) in [5.41, 5.74) is 1.97. The third-order valence-corrected chi connectivity index (χ3v) is 2.12. The van der Waals surface area contributed by atoms with Crippen LogP contribution in [0.2, 0.25) is 0 Å². The zero-order valence-corrected chi connectivity index (χ0v) is 7.19. The summed E-state index contributed by atoms with van der Waals surface area (Å²) in [6, 6.07) is 2.17. The molecule has 2 heteroatoms. The molecule has 0 spiro atoms. The normalized spacial score (nSPS) is 17.2. The second-order valence-electron chi connectivity index (χ2n) is 2.17. The molecule has 0 aliphatic heterocycles. The molecule has 52 valence electrons. The molecule has 0 aromatic rings. The Morgan fingerprint density at radius 2 is 2.20 bits per heavy atom. The van der Waals surface area contributed by atoms with Gasteiger partial charge in [-0.05, 0) is 18.4 Å². The van der Waals surface area contributed by atoms with Crippen LogP contribution in [0.1, 0.15) is 12.8 Å². The average molecular weight is 198 g/mol. The van der Waals surface area contributed by atoms with Gasteiger partial charge in [0.1, 0.15) is 0 Å². The molecule has 0 aromatic heterocycles. The van der Waals surface area contributed by atoms with Gasteiger partial charge in [0, 0.05) is 5.33 Å². The topological polar surface area (TPSA) is 23.8 Å². The summed E-state index contributed by atoms with van der Waals surface area (Å²) in [6.45, 7) is 0. The van der Waals surface area contributed by atoms with Crippen molar-refractivity contribution in [1.82, 2.24) is 0 Å². The maximum Gasteiger partial charge on any atom is 0.0991 e. The minimum absolute atomic E-state index is 0.798. The fourth-order valence-electron chi connectivity index (χ4n) is 0.970. The smallest absolute Gasteiger partial charge is 0.0991 e. The van der Waals surface area contributed by atoms with Gasteiger partial charge in [0.2, 0.25) is 0 Å². The van der Waals surface area contributed by atoms with Gasteiger partial charge < -0.3 is 0 Å².